The summed E-state index contributed by atoms with van der Waals surface area (Å²) in [4.78, 5) is 0.863. The lowest BCUT2D eigenvalue weighted by molar-refractivity contribution is -0.579. The van der Waals surface area contributed by atoms with Gasteiger partial charge in [0.2, 0.25) is 5.52 Å². The smallest absolute Gasteiger partial charge is 0.243 e. The van der Waals surface area contributed by atoms with Crippen molar-refractivity contribution in [2.75, 3.05) is 0 Å². The molecule has 3 aromatic rings. The van der Waals surface area contributed by atoms with E-state index >= 15 is 0 Å². The molecule has 0 aliphatic carbocycles. The van der Waals surface area contributed by atoms with Gasteiger partial charge in [0, 0.05) is 17.5 Å². The Morgan fingerprint density at radius 2 is 1.55 bits per heavy atom. The average Bonchev–Trinajstić information content (AvgIpc) is 2.86. The van der Waals surface area contributed by atoms with Crippen molar-refractivity contribution in [3.05, 3.63) is 72.3 Å². The zero-order valence-electron chi connectivity index (χ0n) is 10.7. The van der Waals surface area contributed by atoms with Gasteiger partial charge in [0.05, 0.1) is 0 Å². The molecule has 4 rings (SSSR count). The quantitative estimate of drug-likeness (QED) is 0.626. The van der Waals surface area contributed by atoms with E-state index in [9.17, 15) is 4.21 Å². The fraction of sp³-hybridized carbons (Fsp3) is 0. The summed E-state index contributed by atoms with van der Waals surface area (Å²) in [5, 5.41) is 1.99. The van der Waals surface area contributed by atoms with Gasteiger partial charge in [-0.05, 0) is 17.7 Å². The van der Waals surface area contributed by atoms with Crippen molar-refractivity contribution in [1.29, 1.82) is 0 Å². The highest BCUT2D eigenvalue weighted by atomic mass is 32.2. The molecule has 3 heteroatoms. The van der Waals surface area contributed by atoms with Gasteiger partial charge >= 0.3 is 0 Å². The van der Waals surface area contributed by atoms with Gasteiger partial charge in [0.1, 0.15) is 4.91 Å². The molecule has 1 unspecified atom stereocenters. The minimum absolute atomic E-state index is 0.836. The summed E-state index contributed by atoms with van der Waals surface area (Å²) < 4.78 is 14.7. The van der Waals surface area contributed by atoms with Crippen molar-refractivity contribution in [3.63, 3.8) is 0 Å². The van der Waals surface area contributed by atoms with Crippen LogP contribution >= 0.6 is 0 Å². The number of hydrogen-bond donors (Lipinski definition) is 0. The van der Waals surface area contributed by atoms with Crippen LogP contribution < -0.4 is 4.57 Å². The molecule has 1 atom stereocenters. The minimum atomic E-state index is -1.12. The molecule has 1 aromatic heterocycles. The Balaban J connectivity index is 1.98. The molecule has 0 saturated carbocycles. The Morgan fingerprint density at radius 3 is 2.40 bits per heavy atom. The Morgan fingerprint density at radius 1 is 0.800 bits per heavy atom. The van der Waals surface area contributed by atoms with Crippen molar-refractivity contribution in [2.45, 2.75) is 5.03 Å². The van der Waals surface area contributed by atoms with Crippen LogP contribution in [-0.4, -0.2) is 4.21 Å². The van der Waals surface area contributed by atoms with Crippen molar-refractivity contribution in [1.82, 2.24) is 0 Å². The highest BCUT2D eigenvalue weighted by molar-refractivity contribution is 7.94. The minimum Gasteiger partial charge on any atom is -0.243 e. The Bertz CT molecular complexity index is 869. The van der Waals surface area contributed by atoms with Crippen molar-refractivity contribution in [2.24, 2.45) is 0 Å². The highest BCUT2D eigenvalue weighted by Gasteiger charge is 2.31. The fourth-order valence-corrected chi connectivity index (χ4v) is 3.85. The predicted molar refractivity (Wildman–Crippen MR) is 81.2 cm³/mol. The second kappa shape index (κ2) is 4.39. The molecule has 2 nitrogen and oxygen atoms in total. The zero-order valence-corrected chi connectivity index (χ0v) is 11.5. The molecule has 1 aliphatic heterocycles. The normalized spacial score (nSPS) is 17.0. The number of rotatable bonds is 1. The summed E-state index contributed by atoms with van der Waals surface area (Å²) in [6, 6.07) is 22.0. The molecule has 2 aromatic carbocycles. The third-order valence-electron chi connectivity index (χ3n) is 3.53. The van der Waals surface area contributed by atoms with Crippen LogP contribution in [0.2, 0.25) is 0 Å². The first-order chi connectivity index (χ1) is 9.84. The van der Waals surface area contributed by atoms with Crippen LogP contribution in [0, 0.1) is 0 Å². The van der Waals surface area contributed by atoms with E-state index in [0.717, 1.165) is 26.4 Å². The SMILES string of the molecule is O=S1C(c2ccccc2)=C[n+]2c1ccc1ccccc12. The Hall–Kier alpha value is -2.26. The van der Waals surface area contributed by atoms with Crippen LogP contribution in [0.15, 0.2) is 71.8 Å². The standard InChI is InChI=1S/C17H12NOS/c19-20-16(14-7-2-1-3-8-14)12-18-15-9-5-4-6-13(15)10-11-17(18)20/h1-12H/q+1. The zero-order chi connectivity index (χ0) is 13.5. The first-order valence-electron chi connectivity index (χ1n) is 6.47. The van der Waals surface area contributed by atoms with E-state index in [4.69, 9.17) is 0 Å². The lowest BCUT2D eigenvalue weighted by Crippen LogP contribution is -2.28. The maximum absolute atomic E-state index is 12.7. The topological polar surface area (TPSA) is 20.9 Å². The largest absolute Gasteiger partial charge is 0.281 e. The molecule has 2 heterocycles. The average molecular weight is 278 g/mol. The summed E-state index contributed by atoms with van der Waals surface area (Å²) in [5.41, 5.74) is 2.10. The van der Waals surface area contributed by atoms with Crippen LogP contribution in [0.3, 0.4) is 0 Å². The highest BCUT2D eigenvalue weighted by Crippen LogP contribution is 2.28. The molecule has 0 amide bonds. The summed E-state index contributed by atoms with van der Waals surface area (Å²) in [7, 11) is -1.12. The number of nitrogens with zero attached hydrogens (tertiary/aromatic N) is 1. The van der Waals surface area contributed by atoms with Crippen molar-refractivity contribution >= 4 is 32.8 Å². The van der Waals surface area contributed by atoms with E-state index in [-0.39, 0.29) is 0 Å². The first-order valence-corrected chi connectivity index (χ1v) is 7.62. The number of hydrogen-bond acceptors (Lipinski definition) is 1. The third-order valence-corrected chi connectivity index (χ3v) is 4.99. The lowest BCUT2D eigenvalue weighted by atomic mass is 10.2. The van der Waals surface area contributed by atoms with E-state index in [1.165, 1.54) is 0 Å². The van der Waals surface area contributed by atoms with E-state index in [1.807, 2.05) is 65.4 Å². The molecule has 0 spiro atoms. The molecular formula is C17H12NOS+. The van der Waals surface area contributed by atoms with Crippen molar-refractivity contribution in [3.8, 4) is 0 Å². The van der Waals surface area contributed by atoms with Crippen LogP contribution in [-0.2, 0) is 10.8 Å². The number of para-hydroxylation sites is 1. The van der Waals surface area contributed by atoms with Gasteiger partial charge < -0.3 is 0 Å². The predicted octanol–water partition coefficient (Wildman–Crippen LogP) is 3.20. The van der Waals surface area contributed by atoms with E-state index in [1.54, 1.807) is 0 Å². The molecule has 1 aliphatic rings. The maximum atomic E-state index is 12.7. The third kappa shape index (κ3) is 1.63. The molecule has 96 valence electrons. The van der Waals surface area contributed by atoms with E-state index in [0.29, 0.717) is 0 Å². The van der Waals surface area contributed by atoms with Gasteiger partial charge in [0.25, 0.3) is 5.03 Å². The molecular weight excluding hydrogens is 266 g/mol. The van der Waals surface area contributed by atoms with Crippen LogP contribution in [0.1, 0.15) is 5.56 Å². The Labute approximate surface area is 119 Å². The lowest BCUT2D eigenvalue weighted by Gasteiger charge is -1.97. The second-order valence-corrected chi connectivity index (χ2v) is 6.12. The van der Waals surface area contributed by atoms with Gasteiger partial charge in [-0.2, -0.15) is 4.57 Å². The number of benzene rings is 2. The summed E-state index contributed by atoms with van der Waals surface area (Å²) in [6.45, 7) is 0. The van der Waals surface area contributed by atoms with Gasteiger partial charge in [-0.25, -0.2) is 4.21 Å². The van der Waals surface area contributed by atoms with Gasteiger partial charge in [-0.15, -0.1) is 0 Å². The number of fused-ring (bicyclic) bond motifs is 3. The van der Waals surface area contributed by atoms with Crippen LogP contribution in [0.4, 0.5) is 0 Å². The molecule has 0 N–H and O–H groups in total. The van der Waals surface area contributed by atoms with Crippen LogP contribution in [0.5, 0.6) is 0 Å². The van der Waals surface area contributed by atoms with E-state index in [2.05, 4.69) is 12.1 Å². The number of aromatic nitrogens is 1. The fourth-order valence-electron chi connectivity index (χ4n) is 2.55. The molecule has 0 saturated heterocycles. The maximum Gasteiger partial charge on any atom is 0.281 e. The summed E-state index contributed by atoms with van der Waals surface area (Å²) in [5.74, 6) is 0. The number of pyridine rings is 1. The van der Waals surface area contributed by atoms with Crippen LogP contribution in [0.25, 0.3) is 22.0 Å². The molecule has 0 bridgehead atoms. The van der Waals surface area contributed by atoms with Gasteiger partial charge in [-0.1, -0.05) is 42.5 Å². The van der Waals surface area contributed by atoms with E-state index < -0.39 is 10.8 Å². The summed E-state index contributed by atoms with van der Waals surface area (Å²) >= 11 is 0. The molecule has 20 heavy (non-hydrogen) atoms. The van der Waals surface area contributed by atoms with Gasteiger partial charge in [0.15, 0.2) is 17.0 Å². The van der Waals surface area contributed by atoms with Gasteiger partial charge in [-0.3, -0.25) is 0 Å². The Kier molecular flexibility index (Phi) is 2.54. The summed E-state index contributed by atoms with van der Waals surface area (Å²) in [6.07, 6.45) is 1.99. The van der Waals surface area contributed by atoms with Crippen molar-refractivity contribution < 1.29 is 8.78 Å². The monoisotopic (exact) mass is 278 g/mol. The molecule has 0 fully saturated rings. The molecule has 0 radical (unpaired) electrons. The second-order valence-electron chi connectivity index (χ2n) is 4.73. The first kappa shape index (κ1) is 11.6.